The van der Waals surface area contributed by atoms with E-state index >= 15 is 0 Å². The first-order valence-corrected chi connectivity index (χ1v) is 13.8. The van der Waals surface area contributed by atoms with Crippen molar-refractivity contribution >= 4 is 34.5 Å². The lowest BCUT2D eigenvalue weighted by atomic mass is 10.0. The molecule has 0 bridgehead atoms. The Morgan fingerprint density at radius 2 is 1.81 bits per heavy atom. The molecule has 0 saturated heterocycles. The van der Waals surface area contributed by atoms with Crippen LogP contribution in [-0.2, 0) is 5.54 Å². The highest BCUT2D eigenvalue weighted by Gasteiger charge is 2.26. The minimum atomic E-state index is -1.01. The number of carbonyl (C=O) groups excluding carboxylic acids is 1. The first-order chi connectivity index (χ1) is 20.5. The molecule has 0 fully saturated rings. The average Bonchev–Trinajstić information content (AvgIpc) is 3.42. The summed E-state index contributed by atoms with van der Waals surface area (Å²) in [6.45, 7) is 7.09. The summed E-state index contributed by atoms with van der Waals surface area (Å²) in [6, 6.07) is 16.1. The molecular formula is C31H33FN8O3. The van der Waals surface area contributed by atoms with Gasteiger partial charge in [-0.1, -0.05) is 38.1 Å². The van der Waals surface area contributed by atoms with E-state index < -0.39 is 22.9 Å². The summed E-state index contributed by atoms with van der Waals surface area (Å²) in [5.41, 5.74) is 0.868. The van der Waals surface area contributed by atoms with Crippen LogP contribution in [0.3, 0.4) is 0 Å². The summed E-state index contributed by atoms with van der Waals surface area (Å²) in [6.07, 6.45) is 1.57. The third-order valence-electron chi connectivity index (χ3n) is 7.04. The fourth-order valence-electron chi connectivity index (χ4n) is 4.65. The summed E-state index contributed by atoms with van der Waals surface area (Å²) in [7, 11) is 1.66. The lowest BCUT2D eigenvalue weighted by molar-refractivity contribution is 0.164. The standard InChI is InChI=1S/C31H33FN8O3/c1-18(2)24-15-26(40(38-24)21-9-7-6-8-10-21)36-30(43)35-25-14-19(11-12-23(25)32)22-13-20-16-34-29(33-5)37-27(20)39(28(22)42)31(3,4)17-41/h6-16,18,41H,17H2,1-5H3,(H,33,34,37)(H2,35,36,43). The molecule has 5 aromatic rings. The number of halogens is 1. The molecular weight excluding hydrogens is 551 g/mol. The molecule has 0 atom stereocenters. The third-order valence-corrected chi connectivity index (χ3v) is 7.04. The zero-order chi connectivity index (χ0) is 30.9. The van der Waals surface area contributed by atoms with Crippen molar-refractivity contribution in [2.75, 3.05) is 29.6 Å². The molecule has 0 radical (unpaired) electrons. The highest BCUT2D eigenvalue weighted by molar-refractivity contribution is 6.00. The van der Waals surface area contributed by atoms with Crippen LogP contribution in [0.25, 0.3) is 27.8 Å². The Balaban J connectivity index is 1.52. The molecule has 0 aliphatic rings. The zero-order valence-corrected chi connectivity index (χ0v) is 24.5. The monoisotopic (exact) mass is 584 g/mol. The Morgan fingerprint density at radius 1 is 1.07 bits per heavy atom. The molecule has 0 saturated carbocycles. The molecule has 2 amide bonds. The van der Waals surface area contributed by atoms with Crippen molar-refractivity contribution in [2.24, 2.45) is 0 Å². The van der Waals surface area contributed by atoms with Crippen LogP contribution >= 0.6 is 0 Å². The topological polar surface area (TPSA) is 139 Å². The molecule has 43 heavy (non-hydrogen) atoms. The lowest BCUT2D eigenvalue weighted by Gasteiger charge is -2.27. The van der Waals surface area contributed by atoms with E-state index in [1.807, 2.05) is 44.2 Å². The minimum absolute atomic E-state index is 0.111. The van der Waals surface area contributed by atoms with Crippen molar-refractivity contribution < 1.29 is 14.3 Å². The number of aromatic nitrogens is 5. The largest absolute Gasteiger partial charge is 0.394 e. The Kier molecular flexibility index (Phi) is 7.96. The van der Waals surface area contributed by atoms with Crippen molar-refractivity contribution in [2.45, 2.75) is 39.2 Å². The fourth-order valence-corrected chi connectivity index (χ4v) is 4.65. The molecule has 0 aliphatic carbocycles. The number of nitrogens with one attached hydrogen (secondary N) is 3. The summed E-state index contributed by atoms with van der Waals surface area (Å²) >= 11 is 0. The van der Waals surface area contributed by atoms with Gasteiger partial charge in [0.25, 0.3) is 5.56 Å². The Labute approximate surface area is 247 Å². The summed E-state index contributed by atoms with van der Waals surface area (Å²) in [4.78, 5) is 35.7. The highest BCUT2D eigenvalue weighted by atomic mass is 19.1. The van der Waals surface area contributed by atoms with Gasteiger partial charge in [0.1, 0.15) is 17.3 Å². The number of nitrogens with zero attached hydrogens (tertiary/aromatic N) is 5. The van der Waals surface area contributed by atoms with E-state index in [0.29, 0.717) is 28.4 Å². The van der Waals surface area contributed by atoms with Crippen LogP contribution in [0.2, 0.25) is 0 Å². The van der Waals surface area contributed by atoms with Crippen LogP contribution in [0.15, 0.2) is 71.7 Å². The van der Waals surface area contributed by atoms with E-state index in [9.17, 15) is 19.1 Å². The van der Waals surface area contributed by atoms with E-state index in [4.69, 9.17) is 0 Å². The second-order valence-corrected chi connectivity index (χ2v) is 11.0. The predicted octanol–water partition coefficient (Wildman–Crippen LogP) is 5.32. The summed E-state index contributed by atoms with van der Waals surface area (Å²) < 4.78 is 18.0. The first kappa shape index (κ1) is 29.4. The van der Waals surface area contributed by atoms with Gasteiger partial charge in [0.05, 0.1) is 29.2 Å². The number of carbonyl (C=O) groups is 1. The molecule has 4 N–H and O–H groups in total. The van der Waals surface area contributed by atoms with Crippen molar-refractivity contribution in [1.29, 1.82) is 0 Å². The van der Waals surface area contributed by atoms with Gasteiger partial charge in [0.15, 0.2) is 0 Å². The van der Waals surface area contributed by atoms with Gasteiger partial charge < -0.3 is 15.7 Å². The predicted molar refractivity (Wildman–Crippen MR) is 165 cm³/mol. The van der Waals surface area contributed by atoms with Crippen molar-refractivity contribution in [3.05, 3.63) is 88.7 Å². The number of urea groups is 1. The number of hydrogen-bond donors (Lipinski definition) is 4. The van der Waals surface area contributed by atoms with Crippen LogP contribution < -0.4 is 21.5 Å². The van der Waals surface area contributed by atoms with Crippen LogP contribution in [0.1, 0.15) is 39.3 Å². The maximum absolute atomic E-state index is 15.0. The van der Waals surface area contributed by atoms with E-state index in [1.165, 1.54) is 22.8 Å². The number of pyridine rings is 1. The van der Waals surface area contributed by atoms with Crippen LogP contribution in [0.4, 0.5) is 26.6 Å². The molecule has 3 heterocycles. The van der Waals surface area contributed by atoms with Gasteiger partial charge in [-0.05, 0) is 55.7 Å². The smallest absolute Gasteiger partial charge is 0.324 e. The number of hydrogen-bond acceptors (Lipinski definition) is 7. The lowest BCUT2D eigenvalue weighted by Crippen LogP contribution is -2.40. The fraction of sp³-hybridized carbons (Fsp3) is 0.258. The number of rotatable bonds is 8. The number of benzene rings is 2. The number of fused-ring (bicyclic) bond motifs is 1. The van der Waals surface area contributed by atoms with Gasteiger partial charge in [-0.15, -0.1) is 0 Å². The number of aliphatic hydroxyl groups is 1. The SMILES string of the molecule is CNc1ncc2cc(-c3ccc(F)c(NC(=O)Nc4cc(C(C)C)nn4-c4ccccc4)c3)c(=O)n(C(C)(C)CO)c2n1. The zero-order valence-electron chi connectivity index (χ0n) is 24.5. The van der Waals surface area contributed by atoms with Gasteiger partial charge in [0, 0.05) is 30.3 Å². The molecule has 0 aliphatic heterocycles. The number of amides is 2. The minimum Gasteiger partial charge on any atom is -0.394 e. The van der Waals surface area contributed by atoms with Gasteiger partial charge >= 0.3 is 6.03 Å². The quantitative estimate of drug-likeness (QED) is 0.194. The molecule has 222 valence electrons. The Hall–Kier alpha value is -5.10. The van der Waals surface area contributed by atoms with Crippen molar-refractivity contribution in [1.82, 2.24) is 24.3 Å². The Bertz CT molecular complexity index is 1860. The maximum atomic E-state index is 15.0. The van der Waals surface area contributed by atoms with Gasteiger partial charge in [-0.3, -0.25) is 14.7 Å². The summed E-state index contributed by atoms with van der Waals surface area (Å²) in [5.74, 6) is 0.154. The van der Waals surface area contributed by atoms with Crippen molar-refractivity contribution in [3.8, 4) is 16.8 Å². The molecule has 3 aromatic heterocycles. The normalized spacial score (nSPS) is 11.6. The molecule has 2 aromatic carbocycles. The van der Waals surface area contributed by atoms with E-state index in [-0.39, 0.29) is 23.8 Å². The van der Waals surface area contributed by atoms with Gasteiger partial charge in [-0.25, -0.2) is 18.9 Å². The number of anilines is 3. The highest BCUT2D eigenvalue weighted by Crippen LogP contribution is 2.28. The number of para-hydroxylation sites is 1. The average molecular weight is 585 g/mol. The van der Waals surface area contributed by atoms with Crippen LogP contribution in [0.5, 0.6) is 0 Å². The second kappa shape index (κ2) is 11.6. The number of aliphatic hydroxyl groups excluding tert-OH is 1. The molecule has 12 heteroatoms. The maximum Gasteiger partial charge on any atom is 0.324 e. The van der Waals surface area contributed by atoms with Gasteiger partial charge in [-0.2, -0.15) is 10.1 Å². The van der Waals surface area contributed by atoms with E-state index in [0.717, 1.165) is 11.4 Å². The molecule has 0 unspecified atom stereocenters. The third kappa shape index (κ3) is 5.82. The van der Waals surface area contributed by atoms with Gasteiger partial charge in [0.2, 0.25) is 5.95 Å². The van der Waals surface area contributed by atoms with Crippen LogP contribution in [-0.4, -0.2) is 49.1 Å². The van der Waals surface area contributed by atoms with E-state index in [2.05, 4.69) is 31.0 Å². The Morgan fingerprint density at radius 3 is 2.49 bits per heavy atom. The molecule has 5 rings (SSSR count). The second-order valence-electron chi connectivity index (χ2n) is 11.0. The summed E-state index contributed by atoms with van der Waals surface area (Å²) in [5, 5.41) is 23.5. The molecule has 0 spiro atoms. The van der Waals surface area contributed by atoms with E-state index in [1.54, 1.807) is 43.9 Å². The molecule has 11 nitrogen and oxygen atoms in total. The first-order valence-electron chi connectivity index (χ1n) is 13.8. The van der Waals surface area contributed by atoms with Crippen LogP contribution in [0, 0.1) is 5.82 Å². The van der Waals surface area contributed by atoms with Crippen molar-refractivity contribution in [3.63, 3.8) is 0 Å².